The second kappa shape index (κ2) is 8.91. The Labute approximate surface area is 192 Å². The molecule has 0 amide bonds. The number of aromatic amines is 1. The van der Waals surface area contributed by atoms with E-state index >= 15 is 0 Å². The molecule has 0 saturated heterocycles. The molecule has 0 unspecified atom stereocenters. The van der Waals surface area contributed by atoms with Crippen LogP contribution in [0.1, 0.15) is 18.3 Å². The highest BCUT2D eigenvalue weighted by molar-refractivity contribution is 7.98. The number of oxazole rings is 1. The quantitative estimate of drug-likeness (QED) is 0.336. The van der Waals surface area contributed by atoms with E-state index in [4.69, 9.17) is 9.15 Å². The van der Waals surface area contributed by atoms with Gasteiger partial charge in [-0.25, -0.2) is 19.9 Å². The predicted molar refractivity (Wildman–Crippen MR) is 127 cm³/mol. The molecule has 166 valence electrons. The topological polar surface area (TPSA) is 119 Å². The summed E-state index contributed by atoms with van der Waals surface area (Å²) < 4.78 is 11.4. The Morgan fingerprint density at radius 2 is 1.97 bits per heavy atom. The van der Waals surface area contributed by atoms with E-state index in [-0.39, 0.29) is 11.5 Å². The van der Waals surface area contributed by atoms with Gasteiger partial charge in [-0.1, -0.05) is 36.0 Å². The van der Waals surface area contributed by atoms with E-state index < -0.39 is 0 Å². The molecule has 2 aromatic carbocycles. The van der Waals surface area contributed by atoms with Crippen molar-refractivity contribution in [1.82, 2.24) is 24.9 Å². The smallest absolute Gasteiger partial charge is 0.257 e. The van der Waals surface area contributed by atoms with Crippen LogP contribution in [-0.4, -0.2) is 31.5 Å². The van der Waals surface area contributed by atoms with Crippen molar-refractivity contribution in [2.24, 2.45) is 0 Å². The van der Waals surface area contributed by atoms with E-state index in [1.54, 1.807) is 0 Å². The van der Waals surface area contributed by atoms with Crippen LogP contribution in [-0.2, 0) is 5.75 Å². The van der Waals surface area contributed by atoms with E-state index in [0.29, 0.717) is 40.5 Å². The van der Waals surface area contributed by atoms with E-state index in [2.05, 4.69) is 30.2 Å². The summed E-state index contributed by atoms with van der Waals surface area (Å²) in [6.07, 6.45) is 0. The summed E-state index contributed by atoms with van der Waals surface area (Å²) in [5.41, 5.74) is 3.27. The van der Waals surface area contributed by atoms with Crippen molar-refractivity contribution in [2.45, 2.75) is 24.8 Å². The van der Waals surface area contributed by atoms with Gasteiger partial charge in [-0.3, -0.25) is 15.1 Å². The fraction of sp³-hybridized carbons (Fsp3) is 0.174. The molecule has 0 bridgehead atoms. The van der Waals surface area contributed by atoms with E-state index in [1.165, 1.54) is 17.8 Å². The summed E-state index contributed by atoms with van der Waals surface area (Å²) in [4.78, 5) is 32.9. The number of hydrogen-bond acceptors (Lipinski definition) is 9. The van der Waals surface area contributed by atoms with E-state index in [9.17, 15) is 4.79 Å². The molecule has 2 N–H and O–H groups in total. The van der Waals surface area contributed by atoms with Gasteiger partial charge in [-0.05, 0) is 32.0 Å². The van der Waals surface area contributed by atoms with Crippen LogP contribution in [0.15, 0.2) is 63.0 Å². The third kappa shape index (κ3) is 4.51. The number of nitrogens with one attached hydrogen (secondary N) is 2. The summed E-state index contributed by atoms with van der Waals surface area (Å²) in [6, 6.07) is 14.7. The van der Waals surface area contributed by atoms with Gasteiger partial charge in [0.05, 0.1) is 18.0 Å². The number of thioether (sulfide) groups is 1. The van der Waals surface area contributed by atoms with Gasteiger partial charge >= 0.3 is 0 Å². The normalized spacial score (nSPS) is 11.2. The number of nitrogens with zero attached hydrogens (tertiary/aromatic N) is 4. The maximum Gasteiger partial charge on any atom is 0.257 e. The van der Waals surface area contributed by atoms with Gasteiger partial charge in [0.15, 0.2) is 5.58 Å². The number of anilines is 2. The van der Waals surface area contributed by atoms with E-state index in [1.807, 2.05) is 56.3 Å². The number of ether oxygens (including phenoxy) is 1. The average molecular weight is 461 g/mol. The standard InChI is InChI=1S/C23H20N6O3S/c1-3-31-18-10-6-7-15-13(2)24-21(28-20(15)18)29-22-25-14(11-19(30)27-22)12-33-23-26-16-8-4-5-9-17(16)32-23/h4-11H,3,12H2,1-2H3,(H2,24,25,27,28,29,30). The van der Waals surface area contributed by atoms with E-state index in [0.717, 1.165) is 22.2 Å². The van der Waals surface area contributed by atoms with Crippen LogP contribution in [0.4, 0.5) is 11.9 Å². The molecule has 0 atom stereocenters. The first-order valence-corrected chi connectivity index (χ1v) is 11.3. The number of hydrogen-bond donors (Lipinski definition) is 2. The molecule has 9 nitrogen and oxygen atoms in total. The van der Waals surface area contributed by atoms with Crippen molar-refractivity contribution in [3.63, 3.8) is 0 Å². The number of fused-ring (bicyclic) bond motifs is 2. The molecule has 3 aromatic heterocycles. The zero-order chi connectivity index (χ0) is 22.8. The van der Waals surface area contributed by atoms with Crippen LogP contribution in [0.5, 0.6) is 5.75 Å². The second-order valence-corrected chi connectivity index (χ2v) is 8.09. The summed E-state index contributed by atoms with van der Waals surface area (Å²) in [7, 11) is 0. The van der Waals surface area contributed by atoms with Crippen LogP contribution in [0.25, 0.3) is 22.0 Å². The number of H-pyrrole nitrogens is 1. The molecule has 0 saturated carbocycles. The van der Waals surface area contributed by atoms with Gasteiger partial charge in [-0.15, -0.1) is 0 Å². The fourth-order valence-corrected chi connectivity index (χ4v) is 4.13. The summed E-state index contributed by atoms with van der Waals surface area (Å²) in [5.74, 6) is 1.66. The lowest BCUT2D eigenvalue weighted by molar-refractivity contribution is 0.343. The van der Waals surface area contributed by atoms with Crippen molar-refractivity contribution in [3.8, 4) is 5.75 Å². The average Bonchev–Trinajstić information content (AvgIpc) is 3.21. The molecule has 3 heterocycles. The minimum absolute atomic E-state index is 0.253. The molecular weight excluding hydrogens is 440 g/mol. The van der Waals surface area contributed by atoms with Crippen molar-refractivity contribution >= 4 is 45.7 Å². The molecule has 0 radical (unpaired) electrons. The van der Waals surface area contributed by atoms with Crippen molar-refractivity contribution in [3.05, 3.63) is 70.3 Å². The minimum Gasteiger partial charge on any atom is -0.492 e. The molecule has 5 rings (SSSR count). The first-order valence-electron chi connectivity index (χ1n) is 10.3. The monoisotopic (exact) mass is 460 g/mol. The Morgan fingerprint density at radius 3 is 2.82 bits per heavy atom. The number of benzene rings is 2. The van der Waals surface area contributed by atoms with Gasteiger partial charge in [-0.2, -0.15) is 0 Å². The Kier molecular flexibility index (Phi) is 5.66. The van der Waals surface area contributed by atoms with Crippen LogP contribution in [0, 0.1) is 6.92 Å². The zero-order valence-corrected chi connectivity index (χ0v) is 18.8. The lowest BCUT2D eigenvalue weighted by Gasteiger charge is -2.11. The molecule has 0 aliphatic carbocycles. The number of aromatic nitrogens is 5. The van der Waals surface area contributed by atoms with Crippen molar-refractivity contribution in [2.75, 3.05) is 11.9 Å². The van der Waals surface area contributed by atoms with Gasteiger partial charge in [0.2, 0.25) is 11.9 Å². The number of aryl methyl sites for hydroxylation is 1. The third-order valence-corrected chi connectivity index (χ3v) is 5.68. The van der Waals surface area contributed by atoms with Crippen molar-refractivity contribution in [1.29, 1.82) is 0 Å². The first-order chi connectivity index (χ1) is 16.1. The van der Waals surface area contributed by atoms with Gasteiger partial charge in [0.1, 0.15) is 16.8 Å². The lowest BCUT2D eigenvalue weighted by Crippen LogP contribution is -2.13. The van der Waals surface area contributed by atoms with Gasteiger partial charge in [0, 0.05) is 17.2 Å². The summed E-state index contributed by atoms with van der Waals surface area (Å²) in [5, 5.41) is 4.43. The third-order valence-electron chi connectivity index (χ3n) is 4.82. The zero-order valence-electron chi connectivity index (χ0n) is 18.0. The Bertz CT molecular complexity index is 1480. The van der Waals surface area contributed by atoms with Gasteiger partial charge < -0.3 is 9.15 Å². The van der Waals surface area contributed by atoms with Crippen LogP contribution < -0.4 is 15.6 Å². The van der Waals surface area contributed by atoms with Crippen LogP contribution >= 0.6 is 11.8 Å². The number of rotatable bonds is 7. The molecule has 5 aromatic rings. The largest absolute Gasteiger partial charge is 0.492 e. The SMILES string of the molecule is CCOc1cccc2c(C)nc(Nc3nc(CSc4nc5ccccc5o4)cc(=O)[nH]3)nc12. The van der Waals surface area contributed by atoms with Crippen LogP contribution in [0.2, 0.25) is 0 Å². The molecule has 0 aliphatic rings. The maximum atomic E-state index is 12.2. The highest BCUT2D eigenvalue weighted by atomic mass is 32.2. The first kappa shape index (κ1) is 21.0. The molecule has 0 aliphatic heterocycles. The fourth-order valence-electron chi connectivity index (χ4n) is 3.40. The molecule has 0 spiro atoms. The maximum absolute atomic E-state index is 12.2. The Morgan fingerprint density at radius 1 is 1.09 bits per heavy atom. The number of para-hydroxylation sites is 3. The van der Waals surface area contributed by atoms with Gasteiger partial charge in [0.25, 0.3) is 10.8 Å². The second-order valence-electron chi connectivity index (χ2n) is 7.16. The molecular formula is C23H20N6O3S. The van der Waals surface area contributed by atoms with Crippen molar-refractivity contribution < 1.29 is 9.15 Å². The summed E-state index contributed by atoms with van der Waals surface area (Å²) >= 11 is 1.37. The molecule has 0 fully saturated rings. The highest BCUT2D eigenvalue weighted by Crippen LogP contribution is 2.28. The Balaban J connectivity index is 1.39. The summed E-state index contributed by atoms with van der Waals surface area (Å²) in [6.45, 7) is 4.35. The minimum atomic E-state index is -0.284. The predicted octanol–water partition coefficient (Wildman–Crippen LogP) is 4.60. The Hall–Kier alpha value is -3.92. The lowest BCUT2D eigenvalue weighted by atomic mass is 10.2. The molecule has 33 heavy (non-hydrogen) atoms. The highest BCUT2D eigenvalue weighted by Gasteiger charge is 2.12. The van der Waals surface area contributed by atoms with Crippen LogP contribution in [0.3, 0.4) is 0 Å². The molecule has 10 heteroatoms.